The summed E-state index contributed by atoms with van der Waals surface area (Å²) >= 11 is 5.27. The Morgan fingerprint density at radius 2 is 2.15 bits per heavy atom. The fourth-order valence-electron chi connectivity index (χ4n) is 0.982. The van der Waals surface area contributed by atoms with E-state index in [1.165, 1.54) is 6.92 Å². The molecule has 0 aromatic heterocycles. The van der Waals surface area contributed by atoms with Gasteiger partial charge in [-0.1, -0.05) is 15.9 Å². The third kappa shape index (κ3) is 2.17. The highest BCUT2D eigenvalue weighted by Gasteiger charge is 2.12. The fraction of sp³-hybridized carbons (Fsp3) is 0.111. The zero-order valence-corrected chi connectivity index (χ0v) is 10.5. The third-order valence-corrected chi connectivity index (χ3v) is 3.42. The molecule has 0 atom stereocenters. The first-order chi connectivity index (χ1) is 6.07. The molecule has 0 saturated heterocycles. The predicted molar refractivity (Wildman–Crippen MR) is 62.3 cm³/mol. The Hall–Kier alpha value is -0.230. The highest BCUT2D eigenvalue weighted by atomic mass is 127. The van der Waals surface area contributed by atoms with Crippen LogP contribution in [0.5, 0.6) is 0 Å². The topological polar surface area (TPSA) is 34.1 Å². The van der Waals surface area contributed by atoms with Gasteiger partial charge in [-0.15, -0.1) is 0 Å². The highest BCUT2D eigenvalue weighted by Crippen LogP contribution is 2.25. The van der Waals surface area contributed by atoms with Crippen LogP contribution in [0, 0.1) is 3.57 Å². The van der Waals surface area contributed by atoms with Gasteiger partial charge in [0.1, 0.15) is 0 Å². The summed E-state index contributed by atoms with van der Waals surface area (Å²) in [6.07, 6.45) is 0.751. The van der Waals surface area contributed by atoms with Crippen LogP contribution in [-0.2, 0) is 0 Å². The number of aldehydes is 1. The van der Waals surface area contributed by atoms with Crippen LogP contribution < -0.4 is 0 Å². The van der Waals surface area contributed by atoms with Crippen LogP contribution in [0.4, 0.5) is 0 Å². The number of benzene rings is 1. The second-order valence-corrected chi connectivity index (χ2v) is 4.43. The van der Waals surface area contributed by atoms with Gasteiger partial charge in [0.05, 0.1) is 0 Å². The Balaban J connectivity index is 3.47. The summed E-state index contributed by atoms with van der Waals surface area (Å²) in [5, 5.41) is 0. The molecule has 0 fully saturated rings. The molecular weight excluding hydrogens is 347 g/mol. The number of hydrogen-bond donors (Lipinski definition) is 0. The van der Waals surface area contributed by atoms with Crippen molar-refractivity contribution in [3.63, 3.8) is 0 Å². The van der Waals surface area contributed by atoms with Gasteiger partial charge in [-0.05, 0) is 41.6 Å². The minimum Gasteiger partial charge on any atom is -0.298 e. The van der Waals surface area contributed by atoms with E-state index in [1.54, 1.807) is 12.1 Å². The van der Waals surface area contributed by atoms with Gasteiger partial charge < -0.3 is 0 Å². The average Bonchev–Trinajstić information content (AvgIpc) is 2.04. The first-order valence-electron chi connectivity index (χ1n) is 3.52. The summed E-state index contributed by atoms with van der Waals surface area (Å²) in [6.45, 7) is 1.48. The van der Waals surface area contributed by atoms with Crippen molar-refractivity contribution in [2.75, 3.05) is 0 Å². The minimum absolute atomic E-state index is 0.0417. The molecule has 0 saturated carbocycles. The molecule has 0 spiro atoms. The van der Waals surface area contributed by atoms with Crippen LogP contribution >= 0.6 is 38.5 Å². The third-order valence-electron chi connectivity index (χ3n) is 1.60. The summed E-state index contributed by atoms with van der Waals surface area (Å²) in [4.78, 5) is 21.8. The lowest BCUT2D eigenvalue weighted by atomic mass is 10.1. The maximum Gasteiger partial charge on any atom is 0.162 e. The van der Waals surface area contributed by atoms with Crippen molar-refractivity contribution in [2.45, 2.75) is 6.92 Å². The number of carbonyl (C=O) groups excluding carboxylic acids is 2. The van der Waals surface area contributed by atoms with E-state index in [4.69, 9.17) is 0 Å². The molecule has 0 heterocycles. The van der Waals surface area contributed by atoms with E-state index in [1.807, 2.05) is 22.6 Å². The Morgan fingerprint density at radius 1 is 1.54 bits per heavy atom. The van der Waals surface area contributed by atoms with Crippen molar-refractivity contribution in [3.8, 4) is 0 Å². The van der Waals surface area contributed by atoms with Crippen LogP contribution in [0.3, 0.4) is 0 Å². The Morgan fingerprint density at radius 3 is 2.62 bits per heavy atom. The largest absolute Gasteiger partial charge is 0.298 e. The summed E-state index contributed by atoms with van der Waals surface area (Å²) in [5.41, 5.74) is 1.12. The zero-order valence-electron chi connectivity index (χ0n) is 6.80. The SMILES string of the molecule is CC(=O)c1c(Br)ccc(C=O)c1I. The lowest BCUT2D eigenvalue weighted by Crippen LogP contribution is -2.01. The van der Waals surface area contributed by atoms with Crippen molar-refractivity contribution < 1.29 is 9.59 Å². The summed E-state index contributed by atoms with van der Waals surface area (Å²) in [7, 11) is 0. The van der Waals surface area contributed by atoms with Gasteiger partial charge in [0, 0.05) is 19.2 Å². The monoisotopic (exact) mass is 352 g/mol. The molecule has 1 aromatic carbocycles. The minimum atomic E-state index is -0.0417. The molecule has 0 bridgehead atoms. The summed E-state index contributed by atoms with van der Waals surface area (Å²) < 4.78 is 1.43. The van der Waals surface area contributed by atoms with E-state index in [-0.39, 0.29) is 5.78 Å². The normalized spacial score (nSPS) is 9.77. The van der Waals surface area contributed by atoms with E-state index in [9.17, 15) is 9.59 Å². The molecule has 0 amide bonds. The van der Waals surface area contributed by atoms with Crippen LogP contribution in [0.2, 0.25) is 0 Å². The molecule has 0 unspecified atom stereocenters. The zero-order chi connectivity index (χ0) is 10.0. The van der Waals surface area contributed by atoms with Crippen molar-refractivity contribution in [2.24, 2.45) is 0 Å². The predicted octanol–water partition coefficient (Wildman–Crippen LogP) is 3.07. The molecule has 0 N–H and O–H groups in total. The number of ketones is 1. The fourth-order valence-corrected chi connectivity index (χ4v) is 2.94. The first kappa shape index (κ1) is 10.8. The van der Waals surface area contributed by atoms with Crippen LogP contribution in [0.1, 0.15) is 27.6 Å². The molecular formula is C9H6BrIO2. The van der Waals surface area contributed by atoms with E-state index < -0.39 is 0 Å². The van der Waals surface area contributed by atoms with E-state index in [0.717, 1.165) is 10.8 Å². The smallest absolute Gasteiger partial charge is 0.162 e. The maximum absolute atomic E-state index is 11.2. The number of hydrogen-bond acceptors (Lipinski definition) is 2. The lowest BCUT2D eigenvalue weighted by molar-refractivity contribution is 0.101. The number of rotatable bonds is 2. The van der Waals surface area contributed by atoms with Gasteiger partial charge in [-0.25, -0.2) is 0 Å². The summed E-state index contributed by atoms with van der Waals surface area (Å²) in [6, 6.07) is 3.40. The first-order valence-corrected chi connectivity index (χ1v) is 5.39. The maximum atomic E-state index is 11.2. The molecule has 2 nitrogen and oxygen atoms in total. The van der Waals surface area contributed by atoms with Gasteiger partial charge >= 0.3 is 0 Å². The highest BCUT2D eigenvalue weighted by molar-refractivity contribution is 14.1. The van der Waals surface area contributed by atoms with Crippen LogP contribution in [0.15, 0.2) is 16.6 Å². The molecule has 0 aliphatic carbocycles. The Labute approximate surface area is 98.0 Å². The molecule has 4 heteroatoms. The van der Waals surface area contributed by atoms with E-state index in [2.05, 4.69) is 15.9 Å². The lowest BCUT2D eigenvalue weighted by Gasteiger charge is -2.04. The van der Waals surface area contributed by atoms with Crippen molar-refractivity contribution >= 4 is 50.6 Å². The van der Waals surface area contributed by atoms with Gasteiger partial charge in [0.25, 0.3) is 0 Å². The van der Waals surface area contributed by atoms with Gasteiger partial charge in [-0.3, -0.25) is 9.59 Å². The number of Topliss-reactive ketones (excluding diaryl/α,β-unsaturated/α-hetero) is 1. The van der Waals surface area contributed by atoms with Crippen LogP contribution in [0.25, 0.3) is 0 Å². The molecule has 1 aromatic rings. The van der Waals surface area contributed by atoms with Crippen molar-refractivity contribution in [1.29, 1.82) is 0 Å². The average molecular weight is 353 g/mol. The van der Waals surface area contributed by atoms with Crippen LogP contribution in [-0.4, -0.2) is 12.1 Å². The number of halogens is 2. The molecule has 0 aliphatic rings. The standard InChI is InChI=1S/C9H6BrIO2/c1-5(13)8-7(10)3-2-6(4-12)9(8)11/h2-4H,1H3. The molecule has 0 aliphatic heterocycles. The summed E-state index contributed by atoms with van der Waals surface area (Å²) in [5.74, 6) is -0.0417. The quantitative estimate of drug-likeness (QED) is 0.465. The van der Waals surface area contributed by atoms with Gasteiger partial charge in [0.2, 0.25) is 0 Å². The Kier molecular flexibility index (Phi) is 3.61. The van der Waals surface area contributed by atoms with Crippen molar-refractivity contribution in [1.82, 2.24) is 0 Å². The van der Waals surface area contributed by atoms with E-state index in [0.29, 0.717) is 14.7 Å². The molecule has 0 radical (unpaired) electrons. The molecule has 1 rings (SSSR count). The van der Waals surface area contributed by atoms with E-state index >= 15 is 0 Å². The van der Waals surface area contributed by atoms with Crippen molar-refractivity contribution in [3.05, 3.63) is 31.3 Å². The Bertz CT molecular complexity index is 374. The second kappa shape index (κ2) is 4.32. The van der Waals surface area contributed by atoms with Gasteiger partial charge in [-0.2, -0.15) is 0 Å². The number of carbonyl (C=O) groups is 2. The van der Waals surface area contributed by atoms with Gasteiger partial charge in [0.15, 0.2) is 12.1 Å². The molecule has 13 heavy (non-hydrogen) atoms. The second-order valence-electron chi connectivity index (χ2n) is 2.50. The molecule has 68 valence electrons.